The number of hydrogen-bond donors (Lipinski definition) is 0. The number of hydrogen-bond acceptors (Lipinski definition) is 8. The van der Waals surface area contributed by atoms with Gasteiger partial charge in [0.2, 0.25) is 0 Å². The van der Waals surface area contributed by atoms with Crippen LogP contribution >= 0.6 is 7.82 Å². The fraction of sp³-hybridized carbons (Fsp3) is 0.639. The predicted molar refractivity (Wildman–Crippen MR) is 350 cm³/mol. The molecule has 0 spiro atoms. The fourth-order valence-electron chi connectivity index (χ4n) is 8.43. The minimum Gasteiger partial charge on any atom is -0.756 e. The van der Waals surface area contributed by atoms with Gasteiger partial charge < -0.3 is 27.9 Å². The summed E-state index contributed by atoms with van der Waals surface area (Å²) in [5.41, 5.74) is 0. The van der Waals surface area contributed by atoms with E-state index in [4.69, 9.17) is 18.5 Å². The number of esters is 2. The maximum atomic E-state index is 12.8. The molecule has 0 heterocycles. The van der Waals surface area contributed by atoms with Crippen molar-refractivity contribution in [3.8, 4) is 0 Å². The third-order valence-corrected chi connectivity index (χ3v) is 14.3. The van der Waals surface area contributed by atoms with E-state index in [2.05, 4.69) is 160 Å². The number of carbonyl (C=O) groups excluding carboxylic acids is 2. The molecule has 2 unspecified atom stereocenters. The Balaban J connectivity index is 4.10. The second kappa shape index (κ2) is 61.5. The van der Waals surface area contributed by atoms with E-state index in [1.807, 2.05) is 21.1 Å². The normalized spacial score (nSPS) is 14.2. The number of rotatable bonds is 58. The summed E-state index contributed by atoms with van der Waals surface area (Å²) < 4.78 is 34.2. The highest BCUT2D eigenvalue weighted by molar-refractivity contribution is 7.45. The molecule has 0 N–H and O–H groups in total. The van der Waals surface area contributed by atoms with Gasteiger partial charge in [-0.15, -0.1) is 0 Å². The van der Waals surface area contributed by atoms with Crippen LogP contribution in [-0.2, 0) is 32.7 Å². The van der Waals surface area contributed by atoms with E-state index in [1.54, 1.807) is 0 Å². The molecule has 0 aliphatic heterocycles. The first kappa shape index (κ1) is 77.9. The summed E-state index contributed by atoms with van der Waals surface area (Å²) in [5.74, 6) is -0.861. The fourth-order valence-corrected chi connectivity index (χ4v) is 9.16. The summed E-state index contributed by atoms with van der Waals surface area (Å²) in [6.45, 7) is 3.98. The maximum absolute atomic E-state index is 12.8. The van der Waals surface area contributed by atoms with Gasteiger partial charge in [0.15, 0.2) is 6.10 Å². The first-order valence-electron chi connectivity index (χ1n) is 32.5. The van der Waals surface area contributed by atoms with Crippen LogP contribution in [0.3, 0.4) is 0 Å². The monoisotopic (exact) mass is 1160 g/mol. The molecule has 82 heavy (non-hydrogen) atoms. The molecule has 0 saturated carbocycles. The first-order chi connectivity index (χ1) is 40.0. The Morgan fingerprint density at radius 3 is 0.976 bits per heavy atom. The molecule has 0 aromatic carbocycles. The van der Waals surface area contributed by atoms with Crippen LogP contribution in [0.4, 0.5) is 0 Å². The molecular weight excluding hydrogens is 1040 g/mol. The Labute approximate surface area is 503 Å². The van der Waals surface area contributed by atoms with E-state index in [9.17, 15) is 19.0 Å². The summed E-state index contributed by atoms with van der Waals surface area (Å²) in [6.07, 6.45) is 90.5. The van der Waals surface area contributed by atoms with Crippen molar-refractivity contribution in [2.75, 3.05) is 47.5 Å². The quantitative estimate of drug-likeness (QED) is 0.0195. The van der Waals surface area contributed by atoms with Crippen LogP contribution in [0.5, 0.6) is 0 Å². The molecule has 2 atom stereocenters. The summed E-state index contributed by atoms with van der Waals surface area (Å²) in [7, 11) is 1.14. The molecule has 9 nitrogen and oxygen atoms in total. The van der Waals surface area contributed by atoms with Crippen LogP contribution in [0.2, 0.25) is 0 Å². The number of likely N-dealkylation sites (N-methyl/N-ethyl adjacent to an activating group) is 1. The molecule has 0 amide bonds. The van der Waals surface area contributed by atoms with Crippen molar-refractivity contribution in [1.29, 1.82) is 0 Å². The van der Waals surface area contributed by atoms with E-state index < -0.39 is 32.5 Å². The average Bonchev–Trinajstić information content (AvgIpc) is 3.46. The second-order valence-corrected chi connectivity index (χ2v) is 23.8. The third-order valence-electron chi connectivity index (χ3n) is 13.4. The molecule has 0 aliphatic carbocycles. The van der Waals surface area contributed by atoms with E-state index in [0.29, 0.717) is 23.9 Å². The van der Waals surface area contributed by atoms with Crippen LogP contribution in [0.1, 0.15) is 245 Å². The van der Waals surface area contributed by atoms with Gasteiger partial charge in [-0.3, -0.25) is 14.2 Å². The second-order valence-electron chi connectivity index (χ2n) is 22.4. The zero-order valence-electron chi connectivity index (χ0n) is 52.9. The van der Waals surface area contributed by atoms with E-state index in [1.165, 1.54) is 77.0 Å². The zero-order valence-corrected chi connectivity index (χ0v) is 53.8. The van der Waals surface area contributed by atoms with Gasteiger partial charge >= 0.3 is 11.9 Å². The van der Waals surface area contributed by atoms with Gasteiger partial charge in [-0.1, -0.05) is 262 Å². The highest BCUT2D eigenvalue weighted by Crippen LogP contribution is 2.38. The highest BCUT2D eigenvalue weighted by atomic mass is 31.2. The van der Waals surface area contributed by atoms with Gasteiger partial charge in [-0.05, 0) is 116 Å². The number of carbonyl (C=O) groups is 2. The molecule has 0 bridgehead atoms. The van der Waals surface area contributed by atoms with Crippen molar-refractivity contribution in [2.45, 2.75) is 251 Å². The molecular formula is C72H120NO8P. The maximum Gasteiger partial charge on any atom is 0.306 e. The molecule has 0 radical (unpaired) electrons. The average molecular weight is 1160 g/mol. The van der Waals surface area contributed by atoms with Crippen molar-refractivity contribution >= 4 is 19.8 Å². The molecule has 0 saturated heterocycles. The van der Waals surface area contributed by atoms with Crippen molar-refractivity contribution in [2.24, 2.45) is 0 Å². The summed E-state index contributed by atoms with van der Waals surface area (Å²) >= 11 is 0. The standard InChI is InChI=1S/C72H120NO8P/c1-6-8-10-12-14-16-18-20-22-24-26-28-29-30-31-32-33-34-35-36-37-38-39-40-41-42-43-45-47-49-51-53-55-57-59-61-63-65-72(75)81-70(69-80-82(76,77)79-67-66-73(3,4)5)68-78-71(74)64-62-60-58-56-54-52-50-48-46-44-27-25-23-21-19-17-15-13-11-9-7-2/h8-11,14-17,20-23,26-28,30-31,33-34,36-37,44,48,50,70H,6-7,12-13,18-19,24-25,29,32,35,38-43,45-47,49,51-69H2,1-5H3/b10-8-,11-9-,16-14-,17-15-,22-20-,23-21-,28-26-,31-30-,34-33-,37-36-,44-27-,50-48-. The molecule has 466 valence electrons. The lowest BCUT2D eigenvalue weighted by molar-refractivity contribution is -0.870. The van der Waals surface area contributed by atoms with Gasteiger partial charge in [0.1, 0.15) is 19.8 Å². The van der Waals surface area contributed by atoms with Gasteiger partial charge in [-0.2, -0.15) is 0 Å². The van der Waals surface area contributed by atoms with E-state index >= 15 is 0 Å². The van der Waals surface area contributed by atoms with Gasteiger partial charge in [-0.25, -0.2) is 0 Å². The molecule has 0 aromatic rings. The minimum atomic E-state index is -4.65. The van der Waals surface area contributed by atoms with Crippen LogP contribution in [0.15, 0.2) is 146 Å². The van der Waals surface area contributed by atoms with Crippen LogP contribution < -0.4 is 4.89 Å². The summed E-state index contributed by atoms with van der Waals surface area (Å²) in [6, 6.07) is 0. The van der Waals surface area contributed by atoms with E-state index in [0.717, 1.165) is 128 Å². The molecule has 0 aliphatic rings. The minimum absolute atomic E-state index is 0.0409. The van der Waals surface area contributed by atoms with Gasteiger partial charge in [0, 0.05) is 12.8 Å². The first-order valence-corrected chi connectivity index (χ1v) is 34.0. The lowest BCUT2D eigenvalue weighted by Crippen LogP contribution is -2.37. The smallest absolute Gasteiger partial charge is 0.306 e. The third kappa shape index (κ3) is 65.0. The van der Waals surface area contributed by atoms with Gasteiger partial charge in [0.25, 0.3) is 7.82 Å². The lowest BCUT2D eigenvalue weighted by Gasteiger charge is -2.28. The number of allylic oxidation sites excluding steroid dienone is 24. The molecule has 10 heteroatoms. The number of quaternary nitrogens is 1. The molecule has 0 fully saturated rings. The van der Waals surface area contributed by atoms with Crippen molar-refractivity contribution in [3.63, 3.8) is 0 Å². The Morgan fingerprint density at radius 2 is 0.659 bits per heavy atom. The summed E-state index contributed by atoms with van der Waals surface area (Å²) in [4.78, 5) is 38.0. The van der Waals surface area contributed by atoms with E-state index in [-0.39, 0.29) is 26.1 Å². The predicted octanol–water partition coefficient (Wildman–Crippen LogP) is 20.4. The van der Waals surface area contributed by atoms with Crippen LogP contribution in [0.25, 0.3) is 0 Å². The SMILES string of the molecule is CC/C=C\C/C=C\C/C=C\C/C=C\C/C=C\C/C=C\C/C=C\CCCCCCCCCCCCCCCCCC(=O)OC(COC(=O)CCCCCCC/C=C\C/C=C\C/C=C\C/C=C\C/C=C\CC)COP(=O)([O-])OCC[N+](C)(C)C. The largest absolute Gasteiger partial charge is 0.756 e. The Kier molecular flexibility index (Phi) is 58.4. The highest BCUT2D eigenvalue weighted by Gasteiger charge is 2.22. The number of unbranched alkanes of at least 4 members (excludes halogenated alkanes) is 20. The number of ether oxygens (including phenoxy) is 2. The Hall–Kier alpha value is -4.11. The zero-order chi connectivity index (χ0) is 59.8. The lowest BCUT2D eigenvalue weighted by atomic mass is 10.0. The van der Waals surface area contributed by atoms with Crippen molar-refractivity contribution in [1.82, 2.24) is 0 Å². The summed E-state index contributed by atoms with van der Waals surface area (Å²) in [5, 5.41) is 0. The Morgan fingerprint density at radius 1 is 0.378 bits per heavy atom. The Bertz CT molecular complexity index is 1890. The number of phosphoric ester groups is 1. The molecule has 0 rings (SSSR count). The van der Waals surface area contributed by atoms with Crippen molar-refractivity contribution in [3.05, 3.63) is 146 Å². The number of nitrogens with zero attached hydrogens (tertiary/aromatic N) is 1. The van der Waals surface area contributed by atoms with Crippen LogP contribution in [0, 0.1) is 0 Å². The molecule has 0 aromatic heterocycles. The van der Waals surface area contributed by atoms with Crippen LogP contribution in [-0.4, -0.2) is 70.0 Å². The van der Waals surface area contributed by atoms with Crippen molar-refractivity contribution < 1.29 is 42.1 Å². The topological polar surface area (TPSA) is 111 Å². The number of phosphoric acid groups is 1. The van der Waals surface area contributed by atoms with Gasteiger partial charge in [0.05, 0.1) is 27.7 Å².